The van der Waals surface area contributed by atoms with E-state index in [1.54, 1.807) is 12.1 Å². The molecule has 1 fully saturated rings. The molecule has 1 saturated heterocycles. The molecule has 1 aromatic rings. The zero-order valence-electron chi connectivity index (χ0n) is 15.3. The zero-order chi connectivity index (χ0) is 17.6. The van der Waals surface area contributed by atoms with Crippen molar-refractivity contribution in [2.45, 2.75) is 32.8 Å². The number of ether oxygens (including phenoxy) is 2. The van der Waals surface area contributed by atoms with Gasteiger partial charge in [0.05, 0.1) is 6.10 Å². The molecule has 1 unspecified atom stereocenters. The van der Waals surface area contributed by atoms with Gasteiger partial charge in [0.25, 0.3) is 5.91 Å². The Morgan fingerprint density at radius 1 is 1.33 bits per heavy atom. The molecule has 24 heavy (non-hydrogen) atoms. The molecule has 2 rings (SSSR count). The quantitative estimate of drug-likeness (QED) is 0.794. The number of benzene rings is 1. The summed E-state index contributed by atoms with van der Waals surface area (Å²) in [7, 11) is 4.08. The number of hydrogen-bond acceptors (Lipinski definition) is 4. The molecule has 1 amide bonds. The summed E-state index contributed by atoms with van der Waals surface area (Å²) in [5.74, 6) is 0.725. The molecule has 1 N–H and O–H groups in total. The van der Waals surface area contributed by atoms with Crippen molar-refractivity contribution in [1.82, 2.24) is 10.2 Å². The van der Waals surface area contributed by atoms with Crippen LogP contribution in [0.5, 0.6) is 5.75 Å². The maximum absolute atomic E-state index is 12.3. The number of hydrogen-bond donors (Lipinski definition) is 1. The Morgan fingerprint density at radius 2 is 2.04 bits per heavy atom. The lowest BCUT2D eigenvalue weighted by Crippen LogP contribution is -2.39. The molecule has 134 valence electrons. The number of rotatable bonds is 8. The van der Waals surface area contributed by atoms with E-state index in [0.29, 0.717) is 18.7 Å². The SMILES string of the molecule is CN(C)CC(C)(C)CNC(=O)c1ccc(OCC2CCCO2)cc1. The Hall–Kier alpha value is -1.59. The molecule has 0 spiro atoms. The molecular formula is C19H30N2O3. The lowest BCUT2D eigenvalue weighted by atomic mass is 9.93. The highest BCUT2D eigenvalue weighted by atomic mass is 16.5. The fourth-order valence-corrected chi connectivity index (χ4v) is 3.00. The van der Waals surface area contributed by atoms with Gasteiger partial charge in [-0.15, -0.1) is 0 Å². The van der Waals surface area contributed by atoms with Crippen molar-refractivity contribution in [2.75, 3.05) is 40.4 Å². The van der Waals surface area contributed by atoms with Gasteiger partial charge in [-0.05, 0) is 56.6 Å². The lowest BCUT2D eigenvalue weighted by Gasteiger charge is -2.28. The van der Waals surface area contributed by atoms with E-state index in [1.807, 2.05) is 26.2 Å². The van der Waals surface area contributed by atoms with Crippen LogP contribution in [-0.2, 0) is 4.74 Å². The van der Waals surface area contributed by atoms with Crippen LogP contribution in [-0.4, -0.2) is 57.3 Å². The molecule has 1 aromatic carbocycles. The number of nitrogens with one attached hydrogen (secondary N) is 1. The van der Waals surface area contributed by atoms with E-state index in [9.17, 15) is 4.79 Å². The molecule has 0 radical (unpaired) electrons. The molecule has 1 aliphatic heterocycles. The summed E-state index contributed by atoms with van der Waals surface area (Å²) < 4.78 is 11.3. The third kappa shape index (κ3) is 6.13. The maximum Gasteiger partial charge on any atom is 0.251 e. The molecule has 0 saturated carbocycles. The van der Waals surface area contributed by atoms with Crippen LogP contribution < -0.4 is 10.1 Å². The summed E-state index contributed by atoms with van der Waals surface area (Å²) in [5.41, 5.74) is 0.684. The standard InChI is InChI=1S/C19H30N2O3/c1-19(2,14-21(3)4)13-20-18(22)15-7-9-16(10-8-15)24-12-17-6-5-11-23-17/h7-10,17H,5-6,11-14H2,1-4H3,(H,20,22). The fraction of sp³-hybridized carbons (Fsp3) is 0.632. The van der Waals surface area contributed by atoms with E-state index in [-0.39, 0.29) is 17.4 Å². The smallest absolute Gasteiger partial charge is 0.251 e. The Balaban J connectivity index is 1.80. The summed E-state index contributed by atoms with van der Waals surface area (Å²) in [4.78, 5) is 14.4. The zero-order valence-corrected chi connectivity index (χ0v) is 15.3. The number of amides is 1. The summed E-state index contributed by atoms with van der Waals surface area (Å²) in [5, 5.41) is 3.01. The number of carbonyl (C=O) groups is 1. The van der Waals surface area contributed by atoms with Crippen LogP contribution in [0.4, 0.5) is 0 Å². The minimum absolute atomic E-state index is 0.0312. The third-order valence-corrected chi connectivity index (χ3v) is 4.05. The summed E-state index contributed by atoms with van der Waals surface area (Å²) in [6.07, 6.45) is 2.37. The first-order valence-corrected chi connectivity index (χ1v) is 8.63. The predicted octanol–water partition coefficient (Wildman–Crippen LogP) is 2.56. The van der Waals surface area contributed by atoms with Gasteiger partial charge in [0.1, 0.15) is 12.4 Å². The van der Waals surface area contributed by atoms with E-state index in [2.05, 4.69) is 24.1 Å². The Kier molecular flexibility index (Phi) is 6.63. The average molecular weight is 334 g/mol. The third-order valence-electron chi connectivity index (χ3n) is 4.05. The van der Waals surface area contributed by atoms with Gasteiger partial charge in [0.15, 0.2) is 0 Å². The van der Waals surface area contributed by atoms with E-state index in [1.165, 1.54) is 0 Å². The molecule has 5 heteroatoms. The van der Waals surface area contributed by atoms with Gasteiger partial charge in [-0.2, -0.15) is 0 Å². The van der Waals surface area contributed by atoms with E-state index in [4.69, 9.17) is 9.47 Å². The average Bonchev–Trinajstić information content (AvgIpc) is 3.03. The van der Waals surface area contributed by atoms with Gasteiger partial charge in [-0.25, -0.2) is 0 Å². The first-order valence-electron chi connectivity index (χ1n) is 8.63. The fourth-order valence-electron chi connectivity index (χ4n) is 3.00. The van der Waals surface area contributed by atoms with E-state index >= 15 is 0 Å². The van der Waals surface area contributed by atoms with Crippen LogP contribution in [0.1, 0.15) is 37.0 Å². The normalized spacial score (nSPS) is 18.0. The number of carbonyl (C=O) groups excluding carboxylic acids is 1. The van der Waals surface area contributed by atoms with Gasteiger partial charge < -0.3 is 19.7 Å². The van der Waals surface area contributed by atoms with Gasteiger partial charge in [-0.3, -0.25) is 4.79 Å². The molecule has 1 heterocycles. The van der Waals surface area contributed by atoms with Crippen LogP contribution in [0.2, 0.25) is 0 Å². The summed E-state index contributed by atoms with van der Waals surface area (Å²) in [6.45, 7) is 7.26. The van der Waals surface area contributed by atoms with Crippen LogP contribution in [0, 0.1) is 5.41 Å². The van der Waals surface area contributed by atoms with Crippen LogP contribution in [0.15, 0.2) is 24.3 Å². The van der Waals surface area contributed by atoms with Crippen molar-refractivity contribution < 1.29 is 14.3 Å². The highest BCUT2D eigenvalue weighted by molar-refractivity contribution is 5.94. The van der Waals surface area contributed by atoms with Gasteiger partial charge in [0, 0.05) is 25.3 Å². The van der Waals surface area contributed by atoms with Crippen molar-refractivity contribution in [1.29, 1.82) is 0 Å². The summed E-state index contributed by atoms with van der Waals surface area (Å²) >= 11 is 0. The topological polar surface area (TPSA) is 50.8 Å². The molecule has 1 atom stereocenters. The molecule has 0 bridgehead atoms. The molecular weight excluding hydrogens is 304 g/mol. The minimum Gasteiger partial charge on any atom is -0.491 e. The second kappa shape index (κ2) is 8.49. The minimum atomic E-state index is -0.0486. The van der Waals surface area contributed by atoms with E-state index in [0.717, 1.165) is 31.7 Å². The van der Waals surface area contributed by atoms with Crippen molar-refractivity contribution in [3.05, 3.63) is 29.8 Å². The molecule has 1 aliphatic rings. The highest BCUT2D eigenvalue weighted by Gasteiger charge is 2.20. The maximum atomic E-state index is 12.3. The Bertz CT molecular complexity index is 520. The summed E-state index contributed by atoms with van der Waals surface area (Å²) in [6, 6.07) is 7.29. The molecule has 0 aromatic heterocycles. The lowest BCUT2D eigenvalue weighted by molar-refractivity contribution is 0.0679. The van der Waals surface area contributed by atoms with Gasteiger partial charge >= 0.3 is 0 Å². The monoisotopic (exact) mass is 334 g/mol. The molecule has 0 aliphatic carbocycles. The van der Waals surface area contributed by atoms with Crippen LogP contribution >= 0.6 is 0 Å². The predicted molar refractivity (Wildman–Crippen MR) is 95.6 cm³/mol. The van der Waals surface area contributed by atoms with Gasteiger partial charge in [-0.1, -0.05) is 13.8 Å². The van der Waals surface area contributed by atoms with Crippen LogP contribution in [0.25, 0.3) is 0 Å². The first-order chi connectivity index (χ1) is 11.4. The first kappa shape index (κ1) is 18.7. The van der Waals surface area contributed by atoms with Crippen molar-refractivity contribution in [3.8, 4) is 5.75 Å². The van der Waals surface area contributed by atoms with E-state index < -0.39 is 0 Å². The van der Waals surface area contributed by atoms with Gasteiger partial charge in [0.2, 0.25) is 0 Å². The van der Waals surface area contributed by atoms with Crippen molar-refractivity contribution in [3.63, 3.8) is 0 Å². The Morgan fingerprint density at radius 3 is 2.62 bits per heavy atom. The highest BCUT2D eigenvalue weighted by Crippen LogP contribution is 2.17. The molecule has 5 nitrogen and oxygen atoms in total. The van der Waals surface area contributed by atoms with Crippen LogP contribution in [0.3, 0.4) is 0 Å². The second-order valence-electron chi connectivity index (χ2n) is 7.56. The van der Waals surface area contributed by atoms with Crippen molar-refractivity contribution >= 4 is 5.91 Å². The Labute approximate surface area is 145 Å². The van der Waals surface area contributed by atoms with Crippen molar-refractivity contribution in [2.24, 2.45) is 5.41 Å². The second-order valence-corrected chi connectivity index (χ2v) is 7.56. The largest absolute Gasteiger partial charge is 0.491 e. The number of nitrogens with zero attached hydrogens (tertiary/aromatic N) is 1.